The molecule has 0 aliphatic carbocycles. The maximum absolute atomic E-state index is 12.5. The molecule has 0 spiro atoms. The lowest BCUT2D eigenvalue weighted by Crippen LogP contribution is -2.33. The smallest absolute Gasteiger partial charge is 0.244 e. The maximum atomic E-state index is 12.5. The minimum absolute atomic E-state index is 0.188. The molecular weight excluding hydrogens is 292 g/mol. The van der Waals surface area contributed by atoms with E-state index in [-0.39, 0.29) is 10.9 Å². The van der Waals surface area contributed by atoms with Gasteiger partial charge < -0.3 is 4.42 Å². The van der Waals surface area contributed by atoms with Crippen molar-refractivity contribution in [2.45, 2.75) is 51.1 Å². The molecule has 0 saturated carbocycles. The molecule has 0 fully saturated rings. The normalized spacial score (nSPS) is 18.7. The van der Waals surface area contributed by atoms with Crippen LogP contribution in [0.15, 0.2) is 15.4 Å². The summed E-state index contributed by atoms with van der Waals surface area (Å²) in [5.41, 5.74) is 0. The van der Waals surface area contributed by atoms with E-state index in [1.54, 1.807) is 25.5 Å². The lowest BCUT2D eigenvalue weighted by atomic mass is 10.1. The highest BCUT2D eigenvalue weighted by Crippen LogP contribution is 2.27. The van der Waals surface area contributed by atoms with Crippen molar-refractivity contribution >= 4 is 10.0 Å². The van der Waals surface area contributed by atoms with Crippen LogP contribution < -0.4 is 4.72 Å². The number of aromatic nitrogens is 3. The molecule has 8 heteroatoms. The van der Waals surface area contributed by atoms with Crippen LogP contribution in [0.25, 0.3) is 0 Å². The molecule has 1 atom stereocenters. The first kappa shape index (κ1) is 14.3. The van der Waals surface area contributed by atoms with Crippen LogP contribution in [0.4, 0.5) is 0 Å². The van der Waals surface area contributed by atoms with Gasteiger partial charge in [0.1, 0.15) is 28.1 Å². The highest BCUT2D eigenvalue weighted by atomic mass is 32.2. The van der Waals surface area contributed by atoms with Crippen LogP contribution in [-0.4, -0.2) is 23.2 Å². The van der Waals surface area contributed by atoms with Crippen molar-refractivity contribution in [3.63, 3.8) is 0 Å². The van der Waals surface area contributed by atoms with Gasteiger partial charge in [-0.2, -0.15) is 5.10 Å². The summed E-state index contributed by atoms with van der Waals surface area (Å²) in [5.74, 6) is 2.32. The van der Waals surface area contributed by atoms with Crippen molar-refractivity contribution in [3.8, 4) is 0 Å². The SMILES string of the molecule is Cc1nc2n(n1)CCC[C@@H]2NS(=O)(=O)c1cc(C)oc1C. The standard InChI is InChI=1S/C13H18N4O3S/c1-8-7-12(9(2)20-8)21(18,19)16-11-5-4-6-17-13(11)14-10(3)15-17/h7,11,16H,4-6H2,1-3H3/t11-/m0/s1. The molecule has 1 N–H and O–H groups in total. The minimum atomic E-state index is -3.63. The van der Waals surface area contributed by atoms with E-state index in [2.05, 4.69) is 14.8 Å². The van der Waals surface area contributed by atoms with Gasteiger partial charge in [0.2, 0.25) is 10.0 Å². The van der Waals surface area contributed by atoms with Crippen LogP contribution >= 0.6 is 0 Å². The van der Waals surface area contributed by atoms with Crippen molar-refractivity contribution in [3.05, 3.63) is 29.2 Å². The van der Waals surface area contributed by atoms with E-state index < -0.39 is 10.0 Å². The molecule has 0 radical (unpaired) electrons. The highest BCUT2D eigenvalue weighted by Gasteiger charge is 2.30. The monoisotopic (exact) mass is 310 g/mol. The van der Waals surface area contributed by atoms with Crippen molar-refractivity contribution in [2.24, 2.45) is 0 Å². The fraction of sp³-hybridized carbons (Fsp3) is 0.538. The summed E-state index contributed by atoms with van der Waals surface area (Å²) in [6, 6.07) is 1.19. The first-order chi connectivity index (χ1) is 9.87. The fourth-order valence-electron chi connectivity index (χ4n) is 2.71. The Bertz CT molecular complexity index is 775. The zero-order chi connectivity index (χ0) is 15.2. The van der Waals surface area contributed by atoms with Crippen LogP contribution in [0.2, 0.25) is 0 Å². The third-order valence-corrected chi connectivity index (χ3v) is 5.14. The molecule has 0 saturated heterocycles. The van der Waals surface area contributed by atoms with Gasteiger partial charge in [0.05, 0.1) is 6.04 Å². The Hall–Kier alpha value is -1.67. The van der Waals surface area contributed by atoms with Crippen molar-refractivity contribution in [1.29, 1.82) is 0 Å². The predicted octanol–water partition coefficient (Wildman–Crippen LogP) is 1.61. The average Bonchev–Trinajstić information content (AvgIpc) is 2.92. The van der Waals surface area contributed by atoms with Gasteiger partial charge >= 0.3 is 0 Å². The Morgan fingerprint density at radius 2 is 2.14 bits per heavy atom. The average molecular weight is 310 g/mol. The quantitative estimate of drug-likeness (QED) is 0.930. The number of hydrogen-bond acceptors (Lipinski definition) is 5. The second-order valence-corrected chi connectivity index (χ2v) is 7.02. The van der Waals surface area contributed by atoms with E-state index in [4.69, 9.17) is 4.42 Å². The molecule has 1 aliphatic rings. The van der Waals surface area contributed by atoms with Crippen molar-refractivity contribution in [1.82, 2.24) is 19.5 Å². The van der Waals surface area contributed by atoms with E-state index in [9.17, 15) is 8.42 Å². The molecule has 3 rings (SSSR count). The molecule has 0 aromatic carbocycles. The predicted molar refractivity (Wildman–Crippen MR) is 75.2 cm³/mol. The number of nitrogens with one attached hydrogen (secondary N) is 1. The molecule has 7 nitrogen and oxygen atoms in total. The number of furan rings is 1. The van der Waals surface area contributed by atoms with Crippen LogP contribution in [0.5, 0.6) is 0 Å². The second kappa shape index (κ2) is 4.96. The lowest BCUT2D eigenvalue weighted by Gasteiger charge is -2.22. The zero-order valence-electron chi connectivity index (χ0n) is 12.3. The molecule has 3 heterocycles. The van der Waals surface area contributed by atoms with Crippen molar-refractivity contribution in [2.75, 3.05) is 0 Å². The van der Waals surface area contributed by atoms with E-state index >= 15 is 0 Å². The summed E-state index contributed by atoms with van der Waals surface area (Å²) in [7, 11) is -3.63. The molecule has 21 heavy (non-hydrogen) atoms. The Labute approximate surface area is 123 Å². The Kier molecular flexibility index (Phi) is 3.37. The number of rotatable bonds is 3. The van der Waals surface area contributed by atoms with E-state index in [1.165, 1.54) is 6.07 Å². The summed E-state index contributed by atoms with van der Waals surface area (Å²) in [6.45, 7) is 5.96. The summed E-state index contributed by atoms with van der Waals surface area (Å²) >= 11 is 0. The van der Waals surface area contributed by atoms with Gasteiger partial charge in [0, 0.05) is 6.54 Å². The van der Waals surface area contributed by atoms with E-state index in [0.717, 1.165) is 13.0 Å². The van der Waals surface area contributed by atoms with Crippen LogP contribution in [-0.2, 0) is 16.6 Å². The summed E-state index contributed by atoms with van der Waals surface area (Å²) in [6.07, 6.45) is 1.58. The highest BCUT2D eigenvalue weighted by molar-refractivity contribution is 7.89. The Morgan fingerprint density at radius 1 is 1.38 bits per heavy atom. The van der Waals surface area contributed by atoms with E-state index in [1.807, 2.05) is 0 Å². The van der Waals surface area contributed by atoms with Gasteiger partial charge in [-0.15, -0.1) is 0 Å². The van der Waals surface area contributed by atoms with Crippen LogP contribution in [0.3, 0.4) is 0 Å². The molecule has 1 aliphatic heterocycles. The maximum Gasteiger partial charge on any atom is 0.244 e. The summed E-state index contributed by atoms with van der Waals surface area (Å²) in [5, 5.41) is 4.28. The number of hydrogen-bond donors (Lipinski definition) is 1. The van der Waals surface area contributed by atoms with E-state index in [0.29, 0.717) is 29.6 Å². The lowest BCUT2D eigenvalue weighted by molar-refractivity contribution is 0.399. The second-order valence-electron chi connectivity index (χ2n) is 5.33. The molecule has 2 aromatic heterocycles. The van der Waals surface area contributed by atoms with Crippen LogP contribution in [0, 0.1) is 20.8 Å². The number of fused-ring (bicyclic) bond motifs is 1. The largest absolute Gasteiger partial charge is 0.465 e. The third-order valence-electron chi connectivity index (χ3n) is 3.56. The third kappa shape index (κ3) is 2.60. The van der Waals surface area contributed by atoms with Gasteiger partial charge in [-0.05, 0) is 39.7 Å². The van der Waals surface area contributed by atoms with Crippen LogP contribution in [0.1, 0.15) is 42.1 Å². The zero-order valence-corrected chi connectivity index (χ0v) is 13.1. The van der Waals surface area contributed by atoms with Gasteiger partial charge in [-0.1, -0.05) is 0 Å². The molecule has 0 amide bonds. The van der Waals surface area contributed by atoms with Gasteiger partial charge in [-0.3, -0.25) is 0 Å². The molecule has 0 unspecified atom stereocenters. The Morgan fingerprint density at radius 3 is 2.81 bits per heavy atom. The summed E-state index contributed by atoms with van der Waals surface area (Å²) < 4.78 is 34.9. The molecule has 0 bridgehead atoms. The van der Waals surface area contributed by atoms with Gasteiger partial charge in [-0.25, -0.2) is 22.8 Å². The number of aryl methyl sites for hydroxylation is 4. The number of sulfonamides is 1. The topological polar surface area (TPSA) is 90.0 Å². The Balaban J connectivity index is 1.92. The molecule has 114 valence electrons. The first-order valence-electron chi connectivity index (χ1n) is 6.87. The molecule has 2 aromatic rings. The van der Waals surface area contributed by atoms with Gasteiger partial charge in [0.15, 0.2) is 0 Å². The molecular formula is C13H18N4O3S. The summed E-state index contributed by atoms with van der Waals surface area (Å²) in [4.78, 5) is 4.53. The first-order valence-corrected chi connectivity index (χ1v) is 8.36. The number of nitrogens with zero attached hydrogens (tertiary/aromatic N) is 3. The minimum Gasteiger partial charge on any atom is -0.465 e. The fourth-order valence-corrected chi connectivity index (χ4v) is 4.17. The van der Waals surface area contributed by atoms with Gasteiger partial charge in [0.25, 0.3) is 0 Å². The van der Waals surface area contributed by atoms with Crippen molar-refractivity contribution < 1.29 is 12.8 Å².